The number of ether oxygens (including phenoxy) is 4. The monoisotopic (exact) mass is 503 g/mol. The molecule has 0 aliphatic carbocycles. The summed E-state index contributed by atoms with van der Waals surface area (Å²) in [6.45, 7) is 6.21. The van der Waals surface area contributed by atoms with Gasteiger partial charge in [-0.2, -0.15) is 0 Å². The smallest absolute Gasteiger partial charge is 0.341 e. The molecule has 7 heteroatoms. The van der Waals surface area contributed by atoms with E-state index < -0.39 is 5.60 Å². The highest BCUT2D eigenvalue weighted by molar-refractivity contribution is 9.10. The lowest BCUT2D eigenvalue weighted by molar-refractivity contribution is -0.0131. The molecule has 0 saturated heterocycles. The van der Waals surface area contributed by atoms with Crippen LogP contribution < -0.4 is 14.2 Å². The number of halogens is 1. The van der Waals surface area contributed by atoms with Crippen LogP contribution in [0.3, 0.4) is 0 Å². The second kappa shape index (κ2) is 9.86. The minimum atomic E-state index is -0.535. The van der Waals surface area contributed by atoms with Crippen LogP contribution in [0.15, 0.2) is 40.9 Å². The van der Waals surface area contributed by atoms with Gasteiger partial charge in [0.25, 0.3) is 0 Å². The standard InChI is InChI=1S/C25H30BrNO5/c1-7-25(3,8-2)32-24(28)23-18-13-22(30-6)19(26)14-20(18)27(4)21(23)15-31-17-11-9-16(29-5)10-12-17/h9-14H,7-8,15H2,1-6H3. The van der Waals surface area contributed by atoms with Crippen molar-refractivity contribution < 1.29 is 23.7 Å². The minimum Gasteiger partial charge on any atom is -0.497 e. The zero-order valence-electron chi connectivity index (χ0n) is 19.5. The van der Waals surface area contributed by atoms with E-state index in [0.717, 1.165) is 39.7 Å². The summed E-state index contributed by atoms with van der Waals surface area (Å²) >= 11 is 3.55. The van der Waals surface area contributed by atoms with Gasteiger partial charge in [-0.3, -0.25) is 0 Å². The molecule has 6 nitrogen and oxygen atoms in total. The molecule has 1 heterocycles. The normalized spacial score (nSPS) is 11.5. The molecule has 0 aliphatic heterocycles. The van der Waals surface area contributed by atoms with Crippen molar-refractivity contribution in [2.75, 3.05) is 14.2 Å². The Kier molecular flexibility index (Phi) is 7.39. The Bertz CT molecular complexity index is 1100. The van der Waals surface area contributed by atoms with Gasteiger partial charge in [-0.15, -0.1) is 0 Å². The number of benzene rings is 2. The number of carbonyl (C=O) groups excluding carboxylic acids is 1. The minimum absolute atomic E-state index is 0.205. The Morgan fingerprint density at radius 1 is 1.03 bits per heavy atom. The molecule has 0 saturated carbocycles. The van der Waals surface area contributed by atoms with Crippen LogP contribution >= 0.6 is 15.9 Å². The maximum atomic E-state index is 13.4. The van der Waals surface area contributed by atoms with Crippen LogP contribution in [-0.4, -0.2) is 30.4 Å². The Labute approximate surface area is 197 Å². The van der Waals surface area contributed by atoms with E-state index in [2.05, 4.69) is 15.9 Å². The first-order valence-electron chi connectivity index (χ1n) is 10.6. The van der Waals surface area contributed by atoms with Gasteiger partial charge in [0.1, 0.15) is 29.5 Å². The van der Waals surface area contributed by atoms with Gasteiger partial charge in [0.05, 0.1) is 35.5 Å². The molecule has 172 valence electrons. The summed E-state index contributed by atoms with van der Waals surface area (Å²) in [7, 11) is 5.14. The molecule has 3 rings (SSSR count). The van der Waals surface area contributed by atoms with Gasteiger partial charge < -0.3 is 23.5 Å². The van der Waals surface area contributed by atoms with Crippen molar-refractivity contribution in [3.05, 3.63) is 52.1 Å². The molecule has 1 aromatic heterocycles. The summed E-state index contributed by atoms with van der Waals surface area (Å²) in [5.41, 5.74) is 1.57. The second-order valence-corrected chi connectivity index (χ2v) is 8.75. The summed E-state index contributed by atoms with van der Waals surface area (Å²) < 4.78 is 25.5. The fourth-order valence-electron chi connectivity index (χ4n) is 3.54. The van der Waals surface area contributed by atoms with Gasteiger partial charge in [0.15, 0.2) is 0 Å². The molecule has 0 atom stereocenters. The maximum absolute atomic E-state index is 13.4. The average Bonchev–Trinajstić information content (AvgIpc) is 3.07. The molecule has 0 fully saturated rings. The highest BCUT2D eigenvalue weighted by Crippen LogP contribution is 2.36. The fourth-order valence-corrected chi connectivity index (χ4v) is 4.03. The third-order valence-electron chi connectivity index (χ3n) is 6.07. The third-order valence-corrected chi connectivity index (χ3v) is 6.69. The molecule has 0 bridgehead atoms. The van der Waals surface area contributed by atoms with Crippen molar-refractivity contribution in [2.45, 2.75) is 45.8 Å². The molecule has 0 aliphatic rings. The van der Waals surface area contributed by atoms with Crippen LogP contribution in [0.1, 0.15) is 49.7 Å². The fraction of sp³-hybridized carbons (Fsp3) is 0.400. The number of aryl methyl sites for hydroxylation is 1. The van der Waals surface area contributed by atoms with Crippen LogP contribution in [0.25, 0.3) is 10.9 Å². The van der Waals surface area contributed by atoms with E-state index in [1.165, 1.54) is 0 Å². The molecule has 2 aromatic carbocycles. The average molecular weight is 504 g/mol. The number of fused-ring (bicyclic) bond motifs is 1. The molecule has 0 spiro atoms. The van der Waals surface area contributed by atoms with Crippen molar-refractivity contribution in [1.29, 1.82) is 0 Å². The summed E-state index contributed by atoms with van der Waals surface area (Å²) in [6, 6.07) is 11.2. The lowest BCUT2D eigenvalue weighted by Gasteiger charge is -2.27. The van der Waals surface area contributed by atoms with Crippen LogP contribution in [0, 0.1) is 0 Å². The molecular weight excluding hydrogens is 474 g/mol. The molecule has 32 heavy (non-hydrogen) atoms. The molecule has 3 aromatic rings. The van der Waals surface area contributed by atoms with E-state index in [-0.39, 0.29) is 12.6 Å². The van der Waals surface area contributed by atoms with Crippen molar-refractivity contribution >= 4 is 32.8 Å². The van der Waals surface area contributed by atoms with E-state index >= 15 is 0 Å². The SMILES string of the molecule is CCC(C)(CC)OC(=O)c1c(COc2ccc(OC)cc2)n(C)c2cc(Br)c(OC)cc12. The number of carbonyl (C=O) groups is 1. The van der Waals surface area contributed by atoms with E-state index in [1.807, 2.05) is 68.8 Å². The van der Waals surface area contributed by atoms with Gasteiger partial charge in [-0.1, -0.05) is 13.8 Å². The number of hydrogen-bond donors (Lipinski definition) is 0. The molecule has 0 N–H and O–H groups in total. The first-order valence-corrected chi connectivity index (χ1v) is 11.4. The zero-order chi connectivity index (χ0) is 23.5. The van der Waals surface area contributed by atoms with Gasteiger partial charge in [0.2, 0.25) is 0 Å². The Morgan fingerprint density at radius 2 is 1.66 bits per heavy atom. The number of esters is 1. The Morgan fingerprint density at radius 3 is 2.22 bits per heavy atom. The number of rotatable bonds is 9. The topological polar surface area (TPSA) is 58.9 Å². The molecule has 0 radical (unpaired) electrons. The summed E-state index contributed by atoms with van der Waals surface area (Å²) in [6.07, 6.45) is 1.46. The quantitative estimate of drug-likeness (QED) is 0.322. The number of aromatic nitrogens is 1. The van der Waals surface area contributed by atoms with Crippen molar-refractivity contribution in [1.82, 2.24) is 4.57 Å². The van der Waals surface area contributed by atoms with E-state index in [9.17, 15) is 4.79 Å². The summed E-state index contributed by atoms with van der Waals surface area (Å²) in [5.74, 6) is 1.72. The molecule has 0 unspecified atom stereocenters. The highest BCUT2D eigenvalue weighted by atomic mass is 79.9. The second-order valence-electron chi connectivity index (χ2n) is 7.90. The van der Waals surface area contributed by atoms with Gasteiger partial charge in [-0.25, -0.2) is 4.79 Å². The number of hydrogen-bond acceptors (Lipinski definition) is 5. The first-order chi connectivity index (χ1) is 15.3. The first kappa shape index (κ1) is 24.0. The van der Waals surface area contributed by atoms with Crippen LogP contribution in [-0.2, 0) is 18.4 Å². The summed E-state index contributed by atoms with van der Waals surface area (Å²) in [4.78, 5) is 13.4. The predicted octanol–water partition coefficient (Wildman–Crippen LogP) is 6.27. The summed E-state index contributed by atoms with van der Waals surface area (Å²) in [5, 5.41) is 0.764. The van der Waals surface area contributed by atoms with Gasteiger partial charge in [-0.05, 0) is 72.1 Å². The van der Waals surface area contributed by atoms with E-state index in [4.69, 9.17) is 18.9 Å². The highest BCUT2D eigenvalue weighted by Gasteiger charge is 2.30. The number of methoxy groups -OCH3 is 2. The number of nitrogens with zero attached hydrogens (tertiary/aromatic N) is 1. The van der Waals surface area contributed by atoms with Gasteiger partial charge >= 0.3 is 5.97 Å². The molecular formula is C25H30BrNO5. The van der Waals surface area contributed by atoms with E-state index in [1.54, 1.807) is 14.2 Å². The van der Waals surface area contributed by atoms with Crippen molar-refractivity contribution in [3.8, 4) is 17.2 Å². The third kappa shape index (κ3) is 4.72. The lowest BCUT2D eigenvalue weighted by atomic mass is 10.00. The van der Waals surface area contributed by atoms with Crippen LogP contribution in [0.4, 0.5) is 0 Å². The predicted molar refractivity (Wildman–Crippen MR) is 129 cm³/mol. The molecule has 0 amide bonds. The van der Waals surface area contributed by atoms with Crippen LogP contribution in [0.5, 0.6) is 17.2 Å². The zero-order valence-corrected chi connectivity index (χ0v) is 21.0. The Balaban J connectivity index is 2.07. The largest absolute Gasteiger partial charge is 0.497 e. The van der Waals surface area contributed by atoms with Gasteiger partial charge in [0, 0.05) is 12.4 Å². The lowest BCUT2D eigenvalue weighted by Crippen LogP contribution is -2.30. The van der Waals surface area contributed by atoms with Crippen LogP contribution in [0.2, 0.25) is 0 Å². The van der Waals surface area contributed by atoms with E-state index in [0.29, 0.717) is 17.1 Å². The van der Waals surface area contributed by atoms with Crippen molar-refractivity contribution in [2.24, 2.45) is 7.05 Å². The van der Waals surface area contributed by atoms with Crippen molar-refractivity contribution in [3.63, 3.8) is 0 Å². The Hall–Kier alpha value is -2.67. The maximum Gasteiger partial charge on any atom is 0.341 e.